The summed E-state index contributed by atoms with van der Waals surface area (Å²) in [6, 6.07) is 8.06. The van der Waals surface area contributed by atoms with Crippen molar-refractivity contribution < 1.29 is 14.4 Å². The fraction of sp³-hybridized carbons (Fsp3) is 0.632. The van der Waals surface area contributed by atoms with Crippen LogP contribution in [0.5, 0.6) is 0 Å². The van der Waals surface area contributed by atoms with E-state index in [1.807, 2.05) is 0 Å². The molecular weight excluding hydrogens is 274 g/mol. The van der Waals surface area contributed by atoms with Crippen molar-refractivity contribution >= 4 is 5.97 Å². The summed E-state index contributed by atoms with van der Waals surface area (Å²) in [4.78, 5) is 10.1. The van der Waals surface area contributed by atoms with Gasteiger partial charge < -0.3 is 14.4 Å². The molecule has 3 heteroatoms. The van der Waals surface area contributed by atoms with Crippen molar-refractivity contribution in [2.45, 2.75) is 53.4 Å². The van der Waals surface area contributed by atoms with Gasteiger partial charge in [0.15, 0.2) is 0 Å². The summed E-state index contributed by atoms with van der Waals surface area (Å²) in [5, 5.41) is 10.1. The second kappa shape index (κ2) is 12.2. The maximum atomic E-state index is 10.1. The largest absolute Gasteiger partial charge is 0.545 e. The molecule has 0 unspecified atom stereocenters. The standard InChI is InChI=1S/C12H28N.C7H6O2/c1-5-9-13(10-6-2,11-7-3)12-8-4;8-7(9)6-4-2-1-3-5-6/h5-12H2,1-4H3;1-5H,(H,8,9)/q+1;/p-1. The molecule has 0 aliphatic rings. The van der Waals surface area contributed by atoms with Crippen molar-refractivity contribution in [2.24, 2.45) is 0 Å². The summed E-state index contributed by atoms with van der Waals surface area (Å²) in [6.07, 6.45) is 5.33. The third-order valence-electron chi connectivity index (χ3n) is 3.80. The van der Waals surface area contributed by atoms with Crippen molar-refractivity contribution in [1.29, 1.82) is 0 Å². The highest BCUT2D eigenvalue weighted by Crippen LogP contribution is 2.12. The van der Waals surface area contributed by atoms with Crippen LogP contribution in [0.1, 0.15) is 63.7 Å². The van der Waals surface area contributed by atoms with Crippen LogP contribution in [0.25, 0.3) is 0 Å². The molecule has 0 amide bonds. The van der Waals surface area contributed by atoms with E-state index in [0.717, 1.165) is 0 Å². The summed E-state index contributed by atoms with van der Waals surface area (Å²) in [5.41, 5.74) is 0.220. The van der Waals surface area contributed by atoms with Gasteiger partial charge in [0.1, 0.15) is 0 Å². The number of carbonyl (C=O) groups excluding carboxylic acids is 1. The Kier molecular flexibility index (Phi) is 11.5. The van der Waals surface area contributed by atoms with Crippen LogP contribution in [0.15, 0.2) is 30.3 Å². The van der Waals surface area contributed by atoms with E-state index < -0.39 is 5.97 Å². The lowest BCUT2D eigenvalue weighted by Gasteiger charge is -2.38. The monoisotopic (exact) mass is 307 g/mol. The van der Waals surface area contributed by atoms with Gasteiger partial charge in [-0.15, -0.1) is 0 Å². The van der Waals surface area contributed by atoms with Crippen LogP contribution in [-0.4, -0.2) is 36.6 Å². The molecule has 1 aromatic rings. The molecule has 0 atom stereocenters. The van der Waals surface area contributed by atoms with Crippen LogP contribution in [0.2, 0.25) is 0 Å². The number of carboxylic acid groups (broad SMARTS) is 1. The minimum atomic E-state index is -1.13. The summed E-state index contributed by atoms with van der Waals surface area (Å²) in [7, 11) is 0. The quantitative estimate of drug-likeness (QED) is 0.655. The van der Waals surface area contributed by atoms with Crippen LogP contribution < -0.4 is 5.11 Å². The summed E-state index contributed by atoms with van der Waals surface area (Å²) < 4.78 is 1.38. The first-order valence-electron chi connectivity index (χ1n) is 8.66. The van der Waals surface area contributed by atoms with Crippen LogP contribution in [0.3, 0.4) is 0 Å². The van der Waals surface area contributed by atoms with Gasteiger partial charge in [-0.25, -0.2) is 0 Å². The Morgan fingerprint density at radius 2 is 1.18 bits per heavy atom. The lowest BCUT2D eigenvalue weighted by atomic mass is 10.2. The van der Waals surface area contributed by atoms with E-state index >= 15 is 0 Å². The van der Waals surface area contributed by atoms with Crippen molar-refractivity contribution in [3.05, 3.63) is 35.9 Å². The van der Waals surface area contributed by atoms with E-state index in [4.69, 9.17) is 0 Å². The molecule has 0 heterocycles. The van der Waals surface area contributed by atoms with E-state index in [9.17, 15) is 9.90 Å². The molecule has 0 fully saturated rings. The summed E-state index contributed by atoms with van der Waals surface area (Å²) in [6.45, 7) is 14.8. The van der Waals surface area contributed by atoms with Gasteiger partial charge in [0.25, 0.3) is 0 Å². The molecule has 0 aliphatic carbocycles. The predicted molar refractivity (Wildman–Crippen MR) is 91.7 cm³/mol. The SMILES string of the molecule is CCC[N+](CCC)(CCC)CCC.O=C([O-])c1ccccc1. The summed E-state index contributed by atoms with van der Waals surface area (Å²) >= 11 is 0. The van der Waals surface area contributed by atoms with Crippen LogP contribution in [-0.2, 0) is 0 Å². The van der Waals surface area contributed by atoms with Crippen LogP contribution in [0, 0.1) is 0 Å². The molecule has 0 spiro atoms. The minimum Gasteiger partial charge on any atom is -0.545 e. The number of carbonyl (C=O) groups is 1. The number of nitrogens with zero attached hydrogens (tertiary/aromatic N) is 1. The zero-order valence-corrected chi connectivity index (χ0v) is 14.8. The number of rotatable bonds is 9. The first-order chi connectivity index (χ1) is 10.5. The van der Waals surface area contributed by atoms with Gasteiger partial charge in [-0.3, -0.25) is 0 Å². The third kappa shape index (κ3) is 8.18. The van der Waals surface area contributed by atoms with Gasteiger partial charge in [-0.2, -0.15) is 0 Å². The molecule has 0 N–H and O–H groups in total. The molecule has 126 valence electrons. The Balaban J connectivity index is 0.000000425. The van der Waals surface area contributed by atoms with E-state index in [-0.39, 0.29) is 5.56 Å². The molecule has 22 heavy (non-hydrogen) atoms. The summed E-state index contributed by atoms with van der Waals surface area (Å²) in [5.74, 6) is -1.13. The lowest BCUT2D eigenvalue weighted by Crippen LogP contribution is -2.50. The van der Waals surface area contributed by atoms with Crippen LogP contribution >= 0.6 is 0 Å². The van der Waals surface area contributed by atoms with Gasteiger partial charge in [-0.05, 0) is 31.2 Å². The Hall–Kier alpha value is -1.35. The molecule has 0 aliphatic heterocycles. The van der Waals surface area contributed by atoms with Crippen molar-refractivity contribution in [3.63, 3.8) is 0 Å². The number of carboxylic acids is 1. The first-order valence-corrected chi connectivity index (χ1v) is 8.66. The number of aromatic carboxylic acids is 1. The van der Waals surface area contributed by atoms with Gasteiger partial charge >= 0.3 is 0 Å². The zero-order valence-electron chi connectivity index (χ0n) is 14.8. The Labute approximate surface area is 136 Å². The van der Waals surface area contributed by atoms with Gasteiger partial charge in [0.05, 0.1) is 32.1 Å². The van der Waals surface area contributed by atoms with Gasteiger partial charge in [0.2, 0.25) is 0 Å². The van der Waals surface area contributed by atoms with E-state index in [2.05, 4.69) is 27.7 Å². The fourth-order valence-electron chi connectivity index (χ4n) is 3.14. The molecular formula is C19H33NO2. The topological polar surface area (TPSA) is 40.1 Å². The average Bonchev–Trinajstić information content (AvgIpc) is 2.50. The highest BCUT2D eigenvalue weighted by molar-refractivity contribution is 5.85. The molecule has 0 saturated heterocycles. The second-order valence-corrected chi connectivity index (χ2v) is 5.89. The smallest absolute Gasteiger partial charge is 0.0783 e. The number of hydrogen-bond donors (Lipinski definition) is 0. The number of quaternary nitrogens is 1. The highest BCUT2D eigenvalue weighted by atomic mass is 16.4. The molecule has 1 rings (SSSR count). The Morgan fingerprint density at radius 3 is 1.41 bits per heavy atom. The van der Waals surface area contributed by atoms with E-state index in [1.54, 1.807) is 18.2 Å². The van der Waals surface area contributed by atoms with Crippen LogP contribution in [0.4, 0.5) is 0 Å². The van der Waals surface area contributed by atoms with Crippen molar-refractivity contribution in [3.8, 4) is 0 Å². The Bertz CT molecular complexity index is 360. The average molecular weight is 307 g/mol. The minimum absolute atomic E-state index is 0.220. The zero-order chi connectivity index (χ0) is 16.8. The normalized spacial score (nSPS) is 10.7. The van der Waals surface area contributed by atoms with Gasteiger partial charge in [-0.1, -0.05) is 58.0 Å². The lowest BCUT2D eigenvalue weighted by molar-refractivity contribution is -0.928. The highest BCUT2D eigenvalue weighted by Gasteiger charge is 2.22. The third-order valence-corrected chi connectivity index (χ3v) is 3.80. The number of benzene rings is 1. The Morgan fingerprint density at radius 1 is 0.818 bits per heavy atom. The first kappa shape index (κ1) is 20.6. The predicted octanol–water partition coefficient (Wildman–Crippen LogP) is 3.49. The van der Waals surface area contributed by atoms with E-state index in [0.29, 0.717) is 0 Å². The van der Waals surface area contributed by atoms with E-state index in [1.165, 1.54) is 68.5 Å². The molecule has 0 aromatic heterocycles. The molecule has 0 radical (unpaired) electrons. The van der Waals surface area contributed by atoms with Crippen molar-refractivity contribution in [1.82, 2.24) is 0 Å². The molecule has 0 bridgehead atoms. The maximum absolute atomic E-state index is 10.1. The van der Waals surface area contributed by atoms with Gasteiger partial charge in [0, 0.05) is 0 Å². The fourth-order valence-corrected chi connectivity index (χ4v) is 3.14. The van der Waals surface area contributed by atoms with Crippen molar-refractivity contribution in [2.75, 3.05) is 26.2 Å². The maximum Gasteiger partial charge on any atom is 0.0783 e. The molecule has 1 aromatic carbocycles. The number of hydrogen-bond acceptors (Lipinski definition) is 2. The molecule has 0 saturated carbocycles. The molecule has 3 nitrogen and oxygen atoms in total. The second-order valence-electron chi connectivity index (χ2n) is 5.89.